The smallest absolute Gasteiger partial charge is 0.254 e. The van der Waals surface area contributed by atoms with Crippen molar-refractivity contribution < 1.29 is 13.2 Å². The molecule has 1 aliphatic heterocycles. The van der Waals surface area contributed by atoms with Crippen molar-refractivity contribution in [2.45, 2.75) is 4.90 Å². The summed E-state index contributed by atoms with van der Waals surface area (Å²) in [7, 11) is -3.55. The molecule has 0 unspecified atom stereocenters. The lowest BCUT2D eigenvalue weighted by Crippen LogP contribution is -2.50. The SMILES string of the molecule is O=C(CN1CCN(S(=O)(=O)c2ccc(Br)cc2)CC1)NN=Cc1c(Cl)cccc1Cl. The van der Waals surface area contributed by atoms with E-state index in [-0.39, 0.29) is 17.3 Å². The molecule has 1 aliphatic rings. The highest BCUT2D eigenvalue weighted by molar-refractivity contribution is 9.10. The molecule has 0 saturated carbocycles. The van der Waals surface area contributed by atoms with Crippen LogP contribution < -0.4 is 5.43 Å². The molecule has 0 bridgehead atoms. The first-order valence-electron chi connectivity index (χ1n) is 9.01. The van der Waals surface area contributed by atoms with Gasteiger partial charge in [-0.25, -0.2) is 13.8 Å². The normalized spacial score (nSPS) is 16.1. The summed E-state index contributed by atoms with van der Waals surface area (Å²) in [5.41, 5.74) is 2.96. The molecule has 1 saturated heterocycles. The Morgan fingerprint density at radius 3 is 2.27 bits per heavy atom. The number of rotatable bonds is 6. The fourth-order valence-corrected chi connectivity index (χ4v) is 5.11. The molecule has 0 aliphatic carbocycles. The van der Waals surface area contributed by atoms with E-state index < -0.39 is 10.0 Å². The summed E-state index contributed by atoms with van der Waals surface area (Å²) in [5, 5.41) is 4.77. The summed E-state index contributed by atoms with van der Waals surface area (Å²) in [6, 6.07) is 11.6. The first-order chi connectivity index (χ1) is 14.3. The highest BCUT2D eigenvalue weighted by Gasteiger charge is 2.28. The highest BCUT2D eigenvalue weighted by Crippen LogP contribution is 2.22. The minimum atomic E-state index is -3.55. The van der Waals surface area contributed by atoms with Crippen LogP contribution in [0, 0.1) is 0 Å². The number of hydrogen-bond donors (Lipinski definition) is 1. The topological polar surface area (TPSA) is 82.1 Å². The number of amides is 1. The predicted octanol–water partition coefficient (Wildman–Crippen LogP) is 3.21. The molecule has 1 heterocycles. The number of benzene rings is 2. The van der Waals surface area contributed by atoms with Gasteiger partial charge in [-0.3, -0.25) is 9.69 Å². The van der Waals surface area contributed by atoms with Crippen molar-refractivity contribution >= 4 is 61.3 Å². The molecule has 1 N–H and O–H groups in total. The van der Waals surface area contributed by atoms with Crippen LogP contribution in [0.4, 0.5) is 0 Å². The lowest BCUT2D eigenvalue weighted by Gasteiger charge is -2.33. The average molecular weight is 534 g/mol. The molecule has 30 heavy (non-hydrogen) atoms. The number of hydrogen-bond acceptors (Lipinski definition) is 5. The lowest BCUT2D eigenvalue weighted by molar-refractivity contribution is -0.122. The lowest BCUT2D eigenvalue weighted by atomic mass is 10.2. The Balaban J connectivity index is 1.50. The Morgan fingerprint density at radius 1 is 1.07 bits per heavy atom. The van der Waals surface area contributed by atoms with E-state index in [1.54, 1.807) is 42.5 Å². The van der Waals surface area contributed by atoms with E-state index in [1.165, 1.54) is 10.5 Å². The molecule has 0 spiro atoms. The maximum Gasteiger partial charge on any atom is 0.254 e. The van der Waals surface area contributed by atoms with Crippen molar-refractivity contribution in [1.82, 2.24) is 14.6 Å². The molecule has 1 fully saturated rings. The summed E-state index contributed by atoms with van der Waals surface area (Å²) in [6.07, 6.45) is 1.39. The second-order valence-electron chi connectivity index (χ2n) is 6.56. The van der Waals surface area contributed by atoms with Crippen LogP contribution in [0.15, 0.2) is 56.9 Å². The standard InChI is InChI=1S/C19H19BrCl2N4O3S/c20-14-4-6-15(7-5-14)30(28,29)26-10-8-25(9-11-26)13-19(27)24-23-12-16-17(21)2-1-3-18(16)22/h1-7,12H,8-11,13H2,(H,24,27). The summed E-state index contributed by atoms with van der Waals surface area (Å²) in [4.78, 5) is 14.3. The zero-order valence-electron chi connectivity index (χ0n) is 15.8. The number of piperazine rings is 1. The van der Waals surface area contributed by atoms with E-state index in [4.69, 9.17) is 23.2 Å². The summed E-state index contributed by atoms with van der Waals surface area (Å²) in [6.45, 7) is 1.63. The van der Waals surface area contributed by atoms with Gasteiger partial charge in [-0.05, 0) is 36.4 Å². The molecular weight excluding hydrogens is 515 g/mol. The number of carbonyl (C=O) groups is 1. The Morgan fingerprint density at radius 2 is 1.67 bits per heavy atom. The molecule has 11 heteroatoms. The summed E-state index contributed by atoms with van der Waals surface area (Å²) >= 11 is 15.4. The monoisotopic (exact) mass is 532 g/mol. The number of carbonyl (C=O) groups excluding carboxylic acids is 1. The fourth-order valence-electron chi connectivity index (χ4n) is 2.92. The molecule has 3 rings (SSSR count). The largest absolute Gasteiger partial charge is 0.292 e. The van der Waals surface area contributed by atoms with Gasteiger partial charge in [0.2, 0.25) is 10.0 Å². The van der Waals surface area contributed by atoms with Crippen LogP contribution in [0.25, 0.3) is 0 Å². The Hall–Kier alpha value is -1.49. The van der Waals surface area contributed by atoms with Gasteiger partial charge in [-0.15, -0.1) is 0 Å². The van der Waals surface area contributed by atoms with E-state index in [0.717, 1.165) is 4.47 Å². The summed E-state index contributed by atoms with van der Waals surface area (Å²) < 4.78 is 27.7. The maximum atomic E-state index is 12.7. The molecule has 160 valence electrons. The number of hydrazone groups is 1. The van der Waals surface area contributed by atoms with Gasteiger partial charge in [-0.1, -0.05) is 45.2 Å². The Labute approximate surface area is 193 Å². The van der Waals surface area contributed by atoms with E-state index >= 15 is 0 Å². The maximum absolute atomic E-state index is 12.7. The zero-order valence-corrected chi connectivity index (χ0v) is 19.7. The first kappa shape index (κ1) is 23.2. The van der Waals surface area contributed by atoms with Gasteiger partial charge >= 0.3 is 0 Å². The van der Waals surface area contributed by atoms with Gasteiger partial charge < -0.3 is 0 Å². The van der Waals surface area contributed by atoms with Crippen LogP contribution in [0.2, 0.25) is 10.0 Å². The molecular formula is C19H19BrCl2N4O3S. The third kappa shape index (κ3) is 5.81. The van der Waals surface area contributed by atoms with Crippen molar-refractivity contribution in [2.75, 3.05) is 32.7 Å². The average Bonchev–Trinajstić information content (AvgIpc) is 2.71. The minimum Gasteiger partial charge on any atom is -0.292 e. The quantitative estimate of drug-likeness (QED) is 0.456. The van der Waals surface area contributed by atoms with E-state index in [2.05, 4.69) is 26.5 Å². The predicted molar refractivity (Wildman–Crippen MR) is 122 cm³/mol. The van der Waals surface area contributed by atoms with Crippen LogP contribution in [-0.4, -0.2) is 62.5 Å². The zero-order chi connectivity index (χ0) is 21.7. The second kappa shape index (κ2) is 10.2. The summed E-state index contributed by atoms with van der Waals surface area (Å²) in [5.74, 6) is -0.307. The minimum absolute atomic E-state index is 0.111. The molecule has 0 aromatic heterocycles. The third-order valence-electron chi connectivity index (χ3n) is 4.53. The molecule has 0 atom stereocenters. The van der Waals surface area contributed by atoms with Crippen molar-refractivity contribution in [3.8, 4) is 0 Å². The van der Waals surface area contributed by atoms with Gasteiger partial charge in [0.1, 0.15) is 0 Å². The number of nitrogens with one attached hydrogen (secondary N) is 1. The van der Waals surface area contributed by atoms with Crippen LogP contribution in [0.5, 0.6) is 0 Å². The molecule has 2 aromatic rings. The van der Waals surface area contributed by atoms with Gasteiger partial charge in [0.15, 0.2) is 0 Å². The van der Waals surface area contributed by atoms with Crippen molar-refractivity contribution in [2.24, 2.45) is 5.10 Å². The van der Waals surface area contributed by atoms with Crippen molar-refractivity contribution in [3.63, 3.8) is 0 Å². The van der Waals surface area contributed by atoms with Crippen molar-refractivity contribution in [3.05, 3.63) is 62.5 Å². The van der Waals surface area contributed by atoms with Crippen LogP contribution in [-0.2, 0) is 14.8 Å². The van der Waals surface area contributed by atoms with Crippen LogP contribution >= 0.6 is 39.1 Å². The van der Waals surface area contributed by atoms with E-state index in [0.29, 0.717) is 41.8 Å². The second-order valence-corrected chi connectivity index (χ2v) is 10.2. The van der Waals surface area contributed by atoms with E-state index in [9.17, 15) is 13.2 Å². The first-order valence-corrected chi connectivity index (χ1v) is 12.0. The van der Waals surface area contributed by atoms with Gasteiger partial charge in [0, 0.05) is 36.2 Å². The third-order valence-corrected chi connectivity index (χ3v) is 7.63. The van der Waals surface area contributed by atoms with Crippen LogP contribution in [0.1, 0.15) is 5.56 Å². The van der Waals surface area contributed by atoms with Gasteiger partial charge in [0.25, 0.3) is 5.91 Å². The van der Waals surface area contributed by atoms with Gasteiger partial charge in [0.05, 0.1) is 27.7 Å². The fraction of sp³-hybridized carbons (Fsp3) is 0.263. The van der Waals surface area contributed by atoms with Crippen molar-refractivity contribution in [1.29, 1.82) is 0 Å². The van der Waals surface area contributed by atoms with E-state index in [1.807, 2.05) is 4.90 Å². The highest BCUT2D eigenvalue weighted by atomic mass is 79.9. The van der Waals surface area contributed by atoms with Gasteiger partial charge in [-0.2, -0.15) is 9.41 Å². The number of sulfonamides is 1. The number of nitrogens with zero attached hydrogens (tertiary/aromatic N) is 3. The Kier molecular flexibility index (Phi) is 7.89. The molecule has 2 aromatic carbocycles. The Bertz CT molecular complexity index is 1020. The molecule has 7 nitrogen and oxygen atoms in total. The van der Waals surface area contributed by atoms with Crippen LogP contribution in [0.3, 0.4) is 0 Å². The molecule has 0 radical (unpaired) electrons. The molecule has 1 amide bonds. The number of halogens is 3.